The summed E-state index contributed by atoms with van der Waals surface area (Å²) in [5.74, 6) is -0.164. The quantitative estimate of drug-likeness (QED) is 0.236. The summed E-state index contributed by atoms with van der Waals surface area (Å²) in [4.78, 5) is 44.4. The highest BCUT2D eigenvalue weighted by atomic mass is 32.1. The number of thiophene rings is 1. The van der Waals surface area contributed by atoms with Gasteiger partial charge in [-0.25, -0.2) is 9.78 Å². The van der Waals surface area contributed by atoms with Crippen LogP contribution in [0.25, 0.3) is 27.0 Å². The number of carbonyl (C=O) groups is 2. The van der Waals surface area contributed by atoms with Gasteiger partial charge in [-0.3, -0.25) is 14.1 Å². The number of Topliss-reactive ketones (excluding diaryl/α,β-unsaturated/α-hetero) is 1. The van der Waals surface area contributed by atoms with Gasteiger partial charge in [0.25, 0.3) is 5.78 Å². The predicted octanol–water partition coefficient (Wildman–Crippen LogP) is 4.42. The summed E-state index contributed by atoms with van der Waals surface area (Å²) < 4.78 is 11.4. The number of aromatic amines is 1. The molecule has 5 rings (SSSR count). The van der Waals surface area contributed by atoms with Crippen LogP contribution in [0.2, 0.25) is 0 Å². The van der Waals surface area contributed by atoms with E-state index in [0.29, 0.717) is 38.5 Å². The van der Waals surface area contributed by atoms with Crippen molar-refractivity contribution < 1.29 is 23.5 Å². The van der Waals surface area contributed by atoms with Crippen molar-refractivity contribution in [1.82, 2.24) is 10.3 Å². The molecule has 0 fully saturated rings. The molecule has 3 N–H and O–H groups in total. The number of hydrogen-bond donors (Lipinski definition) is 2. The molecule has 3 heterocycles. The van der Waals surface area contributed by atoms with Gasteiger partial charge in [-0.15, -0.1) is 11.3 Å². The summed E-state index contributed by atoms with van der Waals surface area (Å²) in [5, 5.41) is 2.99. The van der Waals surface area contributed by atoms with Crippen molar-refractivity contribution in [3.63, 3.8) is 0 Å². The number of H-pyrrole nitrogens is 1. The van der Waals surface area contributed by atoms with Gasteiger partial charge in [-0.05, 0) is 53.5 Å². The van der Waals surface area contributed by atoms with Crippen LogP contribution >= 0.6 is 11.3 Å². The van der Waals surface area contributed by atoms with Crippen LogP contribution in [0.15, 0.2) is 57.8 Å². The number of nitrogens with one attached hydrogen (secondary N) is 1. The molecule has 0 aliphatic carbocycles. The number of nitrogen functional groups attached to an aromatic ring is 1. The molecule has 0 radical (unpaired) electrons. The minimum absolute atomic E-state index is 0.133. The monoisotopic (exact) mass is 529 g/mol. The Morgan fingerprint density at radius 2 is 1.82 bits per heavy atom. The van der Waals surface area contributed by atoms with Crippen molar-refractivity contribution in [2.24, 2.45) is 0 Å². The largest absolute Gasteiger partial charge is 0.497 e. The van der Waals surface area contributed by atoms with Gasteiger partial charge in [0, 0.05) is 28.6 Å². The number of ketones is 2. The van der Waals surface area contributed by atoms with Gasteiger partial charge >= 0.3 is 11.3 Å². The highest BCUT2D eigenvalue weighted by Gasteiger charge is 2.35. The Bertz CT molecular complexity index is 1760. The molecule has 0 saturated heterocycles. The Balaban J connectivity index is 1.72. The SMILES string of the molecule is CCc1ccc(-c2c(C(C)=O)c(C)nc3sc(C(=O)c4c(=O)o[nH][n+]4-c4ccc(OC)cc4)c(N)c23)cc1. The number of rotatable bonds is 7. The zero-order valence-corrected chi connectivity index (χ0v) is 22.1. The second-order valence-electron chi connectivity index (χ2n) is 8.77. The Hall–Kier alpha value is -4.57. The van der Waals surface area contributed by atoms with Gasteiger partial charge in [-0.1, -0.05) is 31.2 Å². The van der Waals surface area contributed by atoms with E-state index in [9.17, 15) is 14.4 Å². The van der Waals surface area contributed by atoms with Gasteiger partial charge < -0.3 is 10.5 Å². The maximum atomic E-state index is 13.8. The molecule has 0 spiro atoms. The molecule has 0 unspecified atom stereocenters. The molecule has 9 nitrogen and oxygen atoms in total. The van der Waals surface area contributed by atoms with Crippen LogP contribution in [-0.2, 0) is 6.42 Å². The number of ether oxygens (including phenoxy) is 1. The van der Waals surface area contributed by atoms with E-state index in [1.54, 1.807) is 38.3 Å². The van der Waals surface area contributed by atoms with Crippen LogP contribution in [0.4, 0.5) is 5.69 Å². The lowest BCUT2D eigenvalue weighted by Gasteiger charge is -2.13. The highest BCUT2D eigenvalue weighted by Crippen LogP contribution is 2.42. The Labute approximate surface area is 221 Å². The third-order valence-corrected chi connectivity index (χ3v) is 7.56. The van der Waals surface area contributed by atoms with Crippen LogP contribution < -0.4 is 20.8 Å². The number of methoxy groups -OCH3 is 1. The Morgan fingerprint density at radius 1 is 1.13 bits per heavy atom. The van der Waals surface area contributed by atoms with Gasteiger partial charge in [0.15, 0.2) is 5.78 Å². The number of benzene rings is 2. The molecule has 0 amide bonds. The van der Waals surface area contributed by atoms with E-state index in [2.05, 4.69) is 17.2 Å². The molecule has 0 saturated carbocycles. The molecule has 0 aliphatic heterocycles. The number of fused-ring (bicyclic) bond motifs is 1. The first kappa shape index (κ1) is 25.1. The zero-order chi connectivity index (χ0) is 27.1. The van der Waals surface area contributed by atoms with Crippen molar-refractivity contribution in [3.8, 4) is 22.6 Å². The second-order valence-corrected chi connectivity index (χ2v) is 9.77. The van der Waals surface area contributed by atoms with Gasteiger partial charge in [0.2, 0.25) is 5.69 Å². The fourth-order valence-electron chi connectivity index (χ4n) is 4.55. The Kier molecular flexibility index (Phi) is 6.41. The molecule has 0 aliphatic rings. The van der Waals surface area contributed by atoms with Crippen LogP contribution in [0.1, 0.15) is 50.8 Å². The molecule has 3 aromatic heterocycles. The van der Waals surface area contributed by atoms with Gasteiger partial charge in [-0.2, -0.15) is 0 Å². The van der Waals surface area contributed by atoms with E-state index in [-0.39, 0.29) is 22.0 Å². The number of nitrogens with zero attached hydrogens (tertiary/aromatic N) is 2. The van der Waals surface area contributed by atoms with Crippen molar-refractivity contribution in [2.45, 2.75) is 27.2 Å². The second kappa shape index (κ2) is 9.71. The predicted molar refractivity (Wildman–Crippen MR) is 144 cm³/mol. The lowest BCUT2D eigenvalue weighted by Crippen LogP contribution is -2.41. The van der Waals surface area contributed by atoms with Crippen molar-refractivity contribution >= 4 is 38.8 Å². The van der Waals surface area contributed by atoms with Crippen molar-refractivity contribution in [2.75, 3.05) is 12.8 Å². The highest BCUT2D eigenvalue weighted by molar-refractivity contribution is 7.21. The van der Waals surface area contributed by atoms with Crippen LogP contribution in [0.3, 0.4) is 0 Å². The van der Waals surface area contributed by atoms with Crippen LogP contribution in [0, 0.1) is 6.92 Å². The molecule has 38 heavy (non-hydrogen) atoms. The molecular weight excluding hydrogens is 504 g/mol. The average Bonchev–Trinajstić information content (AvgIpc) is 3.46. The normalized spacial score (nSPS) is 11.2. The lowest BCUT2D eigenvalue weighted by molar-refractivity contribution is -0.672. The first-order valence-corrected chi connectivity index (χ1v) is 12.7. The summed E-state index contributed by atoms with van der Waals surface area (Å²) in [7, 11) is 1.54. The van der Waals surface area contributed by atoms with E-state index >= 15 is 0 Å². The van der Waals surface area contributed by atoms with E-state index in [0.717, 1.165) is 28.9 Å². The van der Waals surface area contributed by atoms with E-state index in [4.69, 9.17) is 15.0 Å². The number of aromatic nitrogens is 3. The summed E-state index contributed by atoms with van der Waals surface area (Å²) in [5.41, 5.74) is 9.71. The molecule has 10 heteroatoms. The lowest BCUT2D eigenvalue weighted by atomic mass is 9.92. The fraction of sp³-hybridized carbons (Fsp3) is 0.179. The van der Waals surface area contributed by atoms with Crippen molar-refractivity contribution in [1.29, 1.82) is 0 Å². The standard InChI is InChI=1S/C28H24N4O5S/c1-5-16-6-8-17(9-7-16)21-20(15(3)33)14(2)30-27-22(21)23(29)26(38-27)25(34)24-28(35)37-31-32(24)18-10-12-19(36-4)13-11-18/h6-13H,5H2,1-4H3,(H2-,29,31,34,35)/p+1. The fourth-order valence-corrected chi connectivity index (χ4v) is 5.64. The van der Waals surface area contributed by atoms with Crippen LogP contribution in [0.5, 0.6) is 5.75 Å². The molecule has 0 bridgehead atoms. The number of aryl methyl sites for hydroxylation is 2. The molecular formula is C28H25N4O5S+. The Morgan fingerprint density at radius 3 is 2.42 bits per heavy atom. The van der Waals surface area contributed by atoms with E-state index in [1.807, 2.05) is 24.3 Å². The van der Waals surface area contributed by atoms with E-state index < -0.39 is 11.4 Å². The maximum absolute atomic E-state index is 13.8. The third-order valence-electron chi connectivity index (χ3n) is 6.46. The first-order chi connectivity index (χ1) is 18.2. The number of carbonyl (C=O) groups excluding carboxylic acids is 2. The molecule has 192 valence electrons. The minimum atomic E-state index is -0.841. The summed E-state index contributed by atoms with van der Waals surface area (Å²) in [6, 6.07) is 14.6. The molecule has 5 aromatic rings. The van der Waals surface area contributed by atoms with Gasteiger partial charge in [0.1, 0.15) is 15.5 Å². The number of anilines is 1. The average molecular weight is 530 g/mol. The topological polar surface area (TPSA) is 132 Å². The smallest absolute Gasteiger partial charge is 0.439 e. The number of pyridine rings is 1. The summed E-state index contributed by atoms with van der Waals surface area (Å²) in [6.07, 6.45) is 0.872. The van der Waals surface area contributed by atoms with Gasteiger partial charge in [0.05, 0.1) is 18.5 Å². The van der Waals surface area contributed by atoms with Crippen molar-refractivity contribution in [3.05, 3.63) is 86.3 Å². The maximum Gasteiger partial charge on any atom is 0.439 e. The number of nitrogens with two attached hydrogens (primary N) is 1. The van der Waals surface area contributed by atoms with Crippen LogP contribution in [-0.4, -0.2) is 28.9 Å². The number of hydrogen-bond acceptors (Lipinski definition) is 8. The zero-order valence-electron chi connectivity index (χ0n) is 21.2. The third kappa shape index (κ3) is 4.08. The molecule has 2 aromatic carbocycles. The first-order valence-electron chi connectivity index (χ1n) is 11.9. The molecule has 0 atom stereocenters. The van der Waals surface area contributed by atoms with E-state index in [1.165, 1.54) is 11.6 Å². The summed E-state index contributed by atoms with van der Waals surface area (Å²) in [6.45, 7) is 5.31. The minimum Gasteiger partial charge on any atom is -0.497 e. The summed E-state index contributed by atoms with van der Waals surface area (Å²) >= 11 is 1.08.